The molecule has 0 spiro atoms. The van der Waals surface area contributed by atoms with Crippen LogP contribution in [-0.4, -0.2) is 30.7 Å². The zero-order chi connectivity index (χ0) is 23.3. The van der Waals surface area contributed by atoms with Crippen molar-refractivity contribution >= 4 is 5.91 Å². The van der Waals surface area contributed by atoms with Crippen LogP contribution in [0.4, 0.5) is 4.39 Å². The predicted octanol–water partition coefficient (Wildman–Crippen LogP) is 4.25. The minimum Gasteiger partial charge on any atom is -0.346 e. The van der Waals surface area contributed by atoms with E-state index in [0.717, 1.165) is 16.8 Å². The van der Waals surface area contributed by atoms with E-state index in [1.54, 1.807) is 33.9 Å². The molecule has 7 nitrogen and oxygen atoms in total. The van der Waals surface area contributed by atoms with Gasteiger partial charge >= 0.3 is 0 Å². The molecule has 3 aromatic carbocycles. The van der Waals surface area contributed by atoms with Crippen molar-refractivity contribution in [1.82, 2.24) is 30.1 Å². The number of benzene rings is 3. The van der Waals surface area contributed by atoms with Crippen LogP contribution in [0.25, 0.3) is 16.9 Å². The maximum Gasteiger partial charge on any atom is 0.255 e. The second-order valence-electron chi connectivity index (χ2n) is 7.75. The van der Waals surface area contributed by atoms with Crippen LogP contribution in [0.15, 0.2) is 97.3 Å². The summed E-state index contributed by atoms with van der Waals surface area (Å²) in [6.07, 6.45) is 3.49. The molecule has 0 radical (unpaired) electrons. The molecule has 1 amide bonds. The zero-order valence-corrected chi connectivity index (χ0v) is 18.2. The van der Waals surface area contributed by atoms with E-state index < -0.39 is 0 Å². The Hall–Kier alpha value is -4.59. The third-order valence-electron chi connectivity index (χ3n) is 5.30. The van der Waals surface area contributed by atoms with E-state index >= 15 is 0 Å². The standard InChI is InChI=1S/C26H21FN6O/c27-21-13-11-19(12-14-21)16-32-17-22(29-31-32)15-28-26(34)24-18-33(23-9-5-2-6-10-23)30-25(24)20-7-3-1-4-8-20/h1-14,17-18H,15-16H2,(H,28,34). The molecule has 0 fully saturated rings. The topological polar surface area (TPSA) is 77.6 Å². The normalized spacial score (nSPS) is 10.9. The SMILES string of the molecule is O=C(NCc1cn(Cc2ccc(F)cc2)nn1)c1cn(-c2ccccc2)nc1-c1ccccc1. The van der Waals surface area contributed by atoms with Crippen molar-refractivity contribution in [1.29, 1.82) is 0 Å². The number of para-hydroxylation sites is 1. The van der Waals surface area contributed by atoms with Crippen molar-refractivity contribution < 1.29 is 9.18 Å². The Kier molecular flexibility index (Phi) is 5.94. The summed E-state index contributed by atoms with van der Waals surface area (Å²) in [4.78, 5) is 13.1. The van der Waals surface area contributed by atoms with Gasteiger partial charge in [0.05, 0.1) is 30.5 Å². The van der Waals surface area contributed by atoms with E-state index in [9.17, 15) is 9.18 Å². The summed E-state index contributed by atoms with van der Waals surface area (Å²) in [5.74, 6) is -0.537. The maximum absolute atomic E-state index is 13.1. The fourth-order valence-electron chi connectivity index (χ4n) is 3.60. The van der Waals surface area contributed by atoms with Crippen LogP contribution in [0, 0.1) is 5.82 Å². The van der Waals surface area contributed by atoms with Crippen LogP contribution in [0.1, 0.15) is 21.6 Å². The van der Waals surface area contributed by atoms with Crippen molar-refractivity contribution in [3.63, 3.8) is 0 Å². The van der Waals surface area contributed by atoms with E-state index in [1.807, 2.05) is 60.7 Å². The number of hydrogen-bond acceptors (Lipinski definition) is 4. The van der Waals surface area contributed by atoms with Gasteiger partial charge in [0.2, 0.25) is 0 Å². The minimum atomic E-state index is -0.281. The van der Waals surface area contributed by atoms with E-state index in [2.05, 4.69) is 20.7 Å². The Balaban J connectivity index is 1.33. The van der Waals surface area contributed by atoms with Crippen LogP contribution in [0.2, 0.25) is 0 Å². The first-order chi connectivity index (χ1) is 16.7. The lowest BCUT2D eigenvalue weighted by Crippen LogP contribution is -2.23. The van der Waals surface area contributed by atoms with E-state index in [-0.39, 0.29) is 18.3 Å². The van der Waals surface area contributed by atoms with Crippen molar-refractivity contribution in [2.45, 2.75) is 13.1 Å². The first kappa shape index (κ1) is 21.3. The maximum atomic E-state index is 13.1. The highest BCUT2D eigenvalue weighted by atomic mass is 19.1. The molecule has 5 rings (SSSR count). The van der Waals surface area contributed by atoms with Gasteiger partial charge in [0.1, 0.15) is 17.2 Å². The number of carbonyl (C=O) groups is 1. The number of amides is 1. The van der Waals surface area contributed by atoms with Crippen LogP contribution in [-0.2, 0) is 13.1 Å². The highest BCUT2D eigenvalue weighted by Crippen LogP contribution is 2.23. The molecule has 0 atom stereocenters. The smallest absolute Gasteiger partial charge is 0.255 e. The van der Waals surface area contributed by atoms with Crippen molar-refractivity contribution in [2.75, 3.05) is 0 Å². The lowest BCUT2D eigenvalue weighted by atomic mass is 10.1. The molecule has 34 heavy (non-hydrogen) atoms. The van der Waals surface area contributed by atoms with Crippen molar-refractivity contribution in [2.24, 2.45) is 0 Å². The summed E-state index contributed by atoms with van der Waals surface area (Å²) >= 11 is 0. The number of carbonyl (C=O) groups excluding carboxylic acids is 1. The molecular weight excluding hydrogens is 431 g/mol. The monoisotopic (exact) mass is 452 g/mol. The lowest BCUT2D eigenvalue weighted by Gasteiger charge is -2.04. The number of rotatable bonds is 7. The first-order valence-electron chi connectivity index (χ1n) is 10.8. The zero-order valence-electron chi connectivity index (χ0n) is 18.2. The van der Waals surface area contributed by atoms with Gasteiger partial charge < -0.3 is 5.32 Å². The van der Waals surface area contributed by atoms with E-state index in [1.165, 1.54) is 12.1 Å². The highest BCUT2D eigenvalue weighted by Gasteiger charge is 2.19. The molecule has 2 heterocycles. The third kappa shape index (κ3) is 4.75. The van der Waals surface area contributed by atoms with Crippen LogP contribution in [0.3, 0.4) is 0 Å². The molecule has 0 saturated carbocycles. The van der Waals surface area contributed by atoms with Gasteiger partial charge in [0, 0.05) is 11.8 Å². The van der Waals surface area contributed by atoms with Gasteiger partial charge in [-0.15, -0.1) is 5.10 Å². The largest absolute Gasteiger partial charge is 0.346 e. The second-order valence-corrected chi connectivity index (χ2v) is 7.75. The molecule has 0 aliphatic heterocycles. The Morgan fingerprint density at radius 3 is 2.32 bits per heavy atom. The molecule has 0 unspecified atom stereocenters. The Bertz CT molecular complexity index is 1390. The molecule has 0 aliphatic carbocycles. The van der Waals surface area contributed by atoms with Crippen LogP contribution < -0.4 is 5.32 Å². The molecular formula is C26H21FN6O. The first-order valence-corrected chi connectivity index (χ1v) is 10.8. The quantitative estimate of drug-likeness (QED) is 0.401. The van der Waals surface area contributed by atoms with Gasteiger partial charge in [-0.3, -0.25) is 4.79 Å². The second kappa shape index (κ2) is 9.50. The number of aromatic nitrogens is 5. The van der Waals surface area contributed by atoms with Gasteiger partial charge in [-0.1, -0.05) is 65.9 Å². The minimum absolute atomic E-state index is 0.215. The summed E-state index contributed by atoms with van der Waals surface area (Å²) in [6, 6.07) is 25.5. The fourth-order valence-corrected chi connectivity index (χ4v) is 3.60. The molecule has 1 N–H and O–H groups in total. The van der Waals surface area contributed by atoms with Crippen LogP contribution >= 0.6 is 0 Å². The molecule has 8 heteroatoms. The predicted molar refractivity (Wildman–Crippen MR) is 126 cm³/mol. The molecule has 0 aliphatic rings. The summed E-state index contributed by atoms with van der Waals surface area (Å²) in [5.41, 5.74) is 4.31. The van der Waals surface area contributed by atoms with Crippen molar-refractivity contribution in [3.8, 4) is 16.9 Å². The molecule has 2 aromatic heterocycles. The van der Waals surface area contributed by atoms with E-state index in [4.69, 9.17) is 0 Å². The van der Waals surface area contributed by atoms with Crippen LogP contribution in [0.5, 0.6) is 0 Å². The van der Waals surface area contributed by atoms with Gasteiger partial charge in [-0.25, -0.2) is 13.8 Å². The molecule has 168 valence electrons. The Labute approximate surface area is 195 Å². The highest BCUT2D eigenvalue weighted by molar-refractivity contribution is 5.99. The average molecular weight is 452 g/mol. The summed E-state index contributed by atoms with van der Waals surface area (Å²) in [7, 11) is 0. The fraction of sp³-hybridized carbons (Fsp3) is 0.0769. The summed E-state index contributed by atoms with van der Waals surface area (Å²) < 4.78 is 16.5. The summed E-state index contributed by atoms with van der Waals surface area (Å²) in [6.45, 7) is 0.677. The molecule has 0 saturated heterocycles. The lowest BCUT2D eigenvalue weighted by molar-refractivity contribution is 0.0951. The van der Waals surface area contributed by atoms with E-state index in [0.29, 0.717) is 23.5 Å². The number of nitrogens with one attached hydrogen (secondary N) is 1. The Morgan fingerprint density at radius 2 is 1.59 bits per heavy atom. The Morgan fingerprint density at radius 1 is 0.882 bits per heavy atom. The molecule has 0 bridgehead atoms. The number of halogens is 1. The van der Waals surface area contributed by atoms with Gasteiger partial charge in [0.25, 0.3) is 5.91 Å². The molecule has 5 aromatic rings. The number of hydrogen-bond donors (Lipinski definition) is 1. The number of nitrogens with zero attached hydrogens (tertiary/aromatic N) is 5. The average Bonchev–Trinajstić information content (AvgIpc) is 3.53. The summed E-state index contributed by atoms with van der Waals surface area (Å²) in [5, 5.41) is 15.8. The van der Waals surface area contributed by atoms with Gasteiger partial charge in [-0.05, 0) is 29.8 Å². The van der Waals surface area contributed by atoms with Gasteiger partial charge in [0.15, 0.2) is 0 Å². The third-order valence-corrected chi connectivity index (χ3v) is 5.30. The van der Waals surface area contributed by atoms with Crippen molar-refractivity contribution in [3.05, 3.63) is 120 Å². The van der Waals surface area contributed by atoms with Gasteiger partial charge in [-0.2, -0.15) is 5.10 Å².